The summed E-state index contributed by atoms with van der Waals surface area (Å²) in [6.07, 6.45) is -2.73. The standard InChI is InChI=1S/C18H20FN.C2HF3O2/c19-17-8-6-15(7-9-17)18(14-4-2-1-3-5-14)16-10-12-20-13-11-16;3-2(4,5)1(6)7/h1-9,16,18,20H,10-13H2;(H,6,7). The molecule has 7 heteroatoms. The zero-order valence-electron chi connectivity index (χ0n) is 14.5. The minimum atomic E-state index is -5.08. The van der Waals surface area contributed by atoms with Crippen LogP contribution in [0.5, 0.6) is 0 Å². The highest BCUT2D eigenvalue weighted by Gasteiger charge is 2.38. The van der Waals surface area contributed by atoms with Gasteiger partial charge in [-0.05, 0) is 55.1 Å². The van der Waals surface area contributed by atoms with Crippen molar-refractivity contribution in [1.82, 2.24) is 5.32 Å². The molecule has 3 rings (SSSR count). The second-order valence-corrected chi connectivity index (χ2v) is 6.33. The molecular weight excluding hydrogens is 362 g/mol. The van der Waals surface area contributed by atoms with Crippen LogP contribution in [0.15, 0.2) is 54.6 Å². The van der Waals surface area contributed by atoms with Crippen molar-refractivity contribution in [2.75, 3.05) is 13.1 Å². The van der Waals surface area contributed by atoms with E-state index in [1.807, 2.05) is 18.2 Å². The maximum Gasteiger partial charge on any atom is 0.490 e. The average molecular weight is 383 g/mol. The summed E-state index contributed by atoms with van der Waals surface area (Å²) in [6.45, 7) is 2.16. The van der Waals surface area contributed by atoms with E-state index >= 15 is 0 Å². The smallest absolute Gasteiger partial charge is 0.475 e. The molecule has 2 aromatic carbocycles. The van der Waals surface area contributed by atoms with Crippen molar-refractivity contribution < 1.29 is 27.5 Å². The maximum absolute atomic E-state index is 13.2. The summed E-state index contributed by atoms with van der Waals surface area (Å²) in [5.74, 6) is -1.92. The largest absolute Gasteiger partial charge is 0.490 e. The number of nitrogens with one attached hydrogen (secondary N) is 1. The summed E-state index contributed by atoms with van der Waals surface area (Å²) in [5, 5.41) is 10.5. The fourth-order valence-corrected chi connectivity index (χ4v) is 3.24. The highest BCUT2D eigenvalue weighted by Crippen LogP contribution is 2.36. The monoisotopic (exact) mass is 383 g/mol. The number of hydrogen-bond donors (Lipinski definition) is 2. The summed E-state index contributed by atoms with van der Waals surface area (Å²) < 4.78 is 44.9. The number of hydrogen-bond acceptors (Lipinski definition) is 2. The number of aliphatic carboxylic acids is 1. The molecule has 0 saturated carbocycles. The van der Waals surface area contributed by atoms with E-state index in [0.717, 1.165) is 13.1 Å². The maximum atomic E-state index is 13.2. The number of alkyl halides is 3. The first-order valence-electron chi connectivity index (χ1n) is 8.60. The molecule has 2 N–H and O–H groups in total. The van der Waals surface area contributed by atoms with Gasteiger partial charge in [-0.15, -0.1) is 0 Å². The SMILES string of the molecule is Fc1ccc(C(c2ccccc2)C2CCNCC2)cc1.O=C(O)C(F)(F)F. The Kier molecular flexibility index (Phi) is 7.36. The fourth-order valence-electron chi connectivity index (χ4n) is 3.24. The van der Waals surface area contributed by atoms with Crippen LogP contribution in [-0.4, -0.2) is 30.3 Å². The van der Waals surface area contributed by atoms with Crippen LogP contribution < -0.4 is 5.32 Å². The lowest BCUT2D eigenvalue weighted by atomic mass is 9.76. The number of rotatable bonds is 3. The first kappa shape index (κ1) is 20.9. The number of piperidine rings is 1. The lowest BCUT2D eigenvalue weighted by Gasteiger charge is -2.31. The van der Waals surface area contributed by atoms with E-state index in [4.69, 9.17) is 9.90 Å². The van der Waals surface area contributed by atoms with Crippen LogP contribution >= 0.6 is 0 Å². The molecule has 146 valence electrons. The third-order valence-electron chi connectivity index (χ3n) is 4.49. The van der Waals surface area contributed by atoms with Crippen LogP contribution in [0.25, 0.3) is 0 Å². The van der Waals surface area contributed by atoms with Crippen molar-refractivity contribution in [3.05, 3.63) is 71.5 Å². The Morgan fingerprint density at radius 1 is 0.963 bits per heavy atom. The summed E-state index contributed by atoms with van der Waals surface area (Å²) in [6, 6.07) is 17.6. The van der Waals surface area contributed by atoms with Crippen molar-refractivity contribution in [3.63, 3.8) is 0 Å². The van der Waals surface area contributed by atoms with Crippen molar-refractivity contribution in [1.29, 1.82) is 0 Å². The molecule has 2 aromatic rings. The first-order valence-corrected chi connectivity index (χ1v) is 8.60. The minimum absolute atomic E-state index is 0.161. The van der Waals surface area contributed by atoms with Crippen molar-refractivity contribution in [2.24, 2.45) is 5.92 Å². The molecule has 0 aliphatic carbocycles. The predicted octanol–water partition coefficient (Wildman–Crippen LogP) is 4.59. The molecule has 1 atom stereocenters. The van der Waals surface area contributed by atoms with E-state index in [2.05, 4.69) is 29.6 Å². The van der Waals surface area contributed by atoms with Gasteiger partial charge in [0.1, 0.15) is 5.82 Å². The second-order valence-electron chi connectivity index (χ2n) is 6.33. The molecule has 1 aliphatic heterocycles. The lowest BCUT2D eigenvalue weighted by molar-refractivity contribution is -0.192. The number of carboxylic acids is 1. The summed E-state index contributed by atoms with van der Waals surface area (Å²) >= 11 is 0. The van der Waals surface area contributed by atoms with Gasteiger partial charge in [0.2, 0.25) is 0 Å². The molecule has 0 spiro atoms. The Morgan fingerprint density at radius 2 is 1.44 bits per heavy atom. The van der Waals surface area contributed by atoms with E-state index in [9.17, 15) is 17.6 Å². The quantitative estimate of drug-likeness (QED) is 0.763. The number of benzene rings is 2. The topological polar surface area (TPSA) is 49.3 Å². The third-order valence-corrected chi connectivity index (χ3v) is 4.49. The van der Waals surface area contributed by atoms with Gasteiger partial charge in [-0.2, -0.15) is 13.2 Å². The molecule has 27 heavy (non-hydrogen) atoms. The zero-order valence-corrected chi connectivity index (χ0v) is 14.5. The van der Waals surface area contributed by atoms with Crippen LogP contribution in [0.4, 0.5) is 17.6 Å². The Balaban J connectivity index is 0.000000321. The van der Waals surface area contributed by atoms with E-state index in [1.165, 1.54) is 24.0 Å². The zero-order chi connectivity index (χ0) is 19.9. The molecule has 1 aliphatic rings. The average Bonchev–Trinajstić information content (AvgIpc) is 2.65. The van der Waals surface area contributed by atoms with Crippen LogP contribution in [0.1, 0.15) is 29.9 Å². The first-order chi connectivity index (χ1) is 12.8. The van der Waals surface area contributed by atoms with Crippen molar-refractivity contribution in [3.8, 4) is 0 Å². The van der Waals surface area contributed by atoms with E-state index < -0.39 is 12.1 Å². The van der Waals surface area contributed by atoms with Crippen molar-refractivity contribution in [2.45, 2.75) is 24.9 Å². The number of carboxylic acid groups (broad SMARTS) is 1. The predicted molar refractivity (Wildman–Crippen MR) is 94.0 cm³/mol. The van der Waals surface area contributed by atoms with Crippen LogP contribution in [-0.2, 0) is 4.79 Å². The van der Waals surface area contributed by atoms with E-state index in [-0.39, 0.29) is 5.82 Å². The van der Waals surface area contributed by atoms with Gasteiger partial charge in [0.15, 0.2) is 0 Å². The van der Waals surface area contributed by atoms with Gasteiger partial charge in [0, 0.05) is 5.92 Å². The lowest BCUT2D eigenvalue weighted by Crippen LogP contribution is -2.31. The van der Waals surface area contributed by atoms with Crippen molar-refractivity contribution >= 4 is 5.97 Å². The molecular formula is C20H21F4NO2. The normalized spacial score (nSPS) is 16.1. The Hall–Kier alpha value is -2.41. The Bertz CT molecular complexity index is 711. The van der Waals surface area contributed by atoms with Crippen LogP contribution in [0, 0.1) is 11.7 Å². The van der Waals surface area contributed by atoms with Gasteiger partial charge >= 0.3 is 12.1 Å². The van der Waals surface area contributed by atoms with Gasteiger partial charge in [0.25, 0.3) is 0 Å². The molecule has 0 radical (unpaired) electrons. The molecule has 0 aromatic heterocycles. The highest BCUT2D eigenvalue weighted by atomic mass is 19.4. The molecule has 1 fully saturated rings. The molecule has 3 nitrogen and oxygen atoms in total. The number of halogens is 4. The van der Waals surface area contributed by atoms with E-state index in [0.29, 0.717) is 11.8 Å². The van der Waals surface area contributed by atoms with Gasteiger partial charge in [0.05, 0.1) is 0 Å². The van der Waals surface area contributed by atoms with Gasteiger partial charge < -0.3 is 10.4 Å². The molecule has 0 amide bonds. The highest BCUT2D eigenvalue weighted by molar-refractivity contribution is 5.73. The number of carbonyl (C=O) groups is 1. The molecule has 1 heterocycles. The summed E-state index contributed by atoms with van der Waals surface area (Å²) in [4.78, 5) is 8.90. The van der Waals surface area contributed by atoms with Crippen LogP contribution in [0.2, 0.25) is 0 Å². The third kappa shape index (κ3) is 6.36. The second kappa shape index (κ2) is 9.50. The summed E-state index contributed by atoms with van der Waals surface area (Å²) in [7, 11) is 0. The minimum Gasteiger partial charge on any atom is -0.475 e. The molecule has 1 unspecified atom stereocenters. The van der Waals surface area contributed by atoms with Crippen LogP contribution in [0.3, 0.4) is 0 Å². The Morgan fingerprint density at radius 3 is 1.93 bits per heavy atom. The van der Waals surface area contributed by atoms with E-state index in [1.54, 1.807) is 12.1 Å². The summed E-state index contributed by atoms with van der Waals surface area (Å²) in [5.41, 5.74) is 2.57. The van der Waals surface area contributed by atoms with Gasteiger partial charge in [-0.25, -0.2) is 9.18 Å². The van der Waals surface area contributed by atoms with Gasteiger partial charge in [-0.1, -0.05) is 42.5 Å². The fraction of sp³-hybridized carbons (Fsp3) is 0.350. The molecule has 0 bridgehead atoms. The molecule has 1 saturated heterocycles. The Labute approximate surface area is 155 Å². The van der Waals surface area contributed by atoms with Gasteiger partial charge in [-0.3, -0.25) is 0 Å².